The standard InChI is InChI=1S/C11H19NO3/c1-2-14-10(13)9-7-11(8-15-9)3-5-12-6-4-11/h9,12H,2-8H2,1H3. The van der Waals surface area contributed by atoms with Crippen molar-refractivity contribution in [1.82, 2.24) is 5.32 Å². The van der Waals surface area contributed by atoms with Crippen LogP contribution in [0, 0.1) is 5.41 Å². The molecular formula is C11H19NO3. The Kier molecular flexibility index (Phi) is 3.26. The monoisotopic (exact) mass is 213 g/mol. The SMILES string of the molecule is CCOC(=O)C1CC2(CCNCC2)CO1. The third kappa shape index (κ3) is 2.32. The van der Waals surface area contributed by atoms with Crippen LogP contribution in [0.4, 0.5) is 0 Å². The van der Waals surface area contributed by atoms with Crippen LogP contribution in [0.15, 0.2) is 0 Å². The van der Waals surface area contributed by atoms with Gasteiger partial charge in [-0.25, -0.2) is 4.79 Å². The molecule has 1 spiro atoms. The summed E-state index contributed by atoms with van der Waals surface area (Å²) in [5.74, 6) is -0.187. The van der Waals surface area contributed by atoms with E-state index in [0.29, 0.717) is 6.61 Å². The maximum Gasteiger partial charge on any atom is 0.335 e. The van der Waals surface area contributed by atoms with E-state index in [9.17, 15) is 4.79 Å². The fraction of sp³-hybridized carbons (Fsp3) is 0.909. The molecule has 0 aromatic carbocycles. The topological polar surface area (TPSA) is 47.6 Å². The number of ether oxygens (including phenoxy) is 2. The molecule has 2 rings (SSSR count). The van der Waals surface area contributed by atoms with Gasteiger partial charge in [0.05, 0.1) is 13.2 Å². The van der Waals surface area contributed by atoms with Crippen LogP contribution in [0.1, 0.15) is 26.2 Å². The van der Waals surface area contributed by atoms with Crippen molar-refractivity contribution in [3.8, 4) is 0 Å². The summed E-state index contributed by atoms with van der Waals surface area (Å²) < 4.78 is 10.5. The Bertz CT molecular complexity index is 236. The van der Waals surface area contributed by atoms with Crippen LogP contribution in [0.25, 0.3) is 0 Å². The summed E-state index contributed by atoms with van der Waals surface area (Å²) in [6.07, 6.45) is 2.75. The molecular weight excluding hydrogens is 194 g/mol. The number of hydrogen-bond acceptors (Lipinski definition) is 4. The van der Waals surface area contributed by atoms with Crippen molar-refractivity contribution >= 4 is 5.97 Å². The largest absolute Gasteiger partial charge is 0.464 e. The minimum atomic E-state index is -0.317. The number of piperidine rings is 1. The van der Waals surface area contributed by atoms with E-state index in [4.69, 9.17) is 9.47 Å². The van der Waals surface area contributed by atoms with Crippen molar-refractivity contribution < 1.29 is 14.3 Å². The normalized spacial score (nSPS) is 29.3. The van der Waals surface area contributed by atoms with Crippen LogP contribution < -0.4 is 5.32 Å². The van der Waals surface area contributed by atoms with E-state index in [1.807, 2.05) is 6.92 Å². The number of nitrogens with one attached hydrogen (secondary N) is 1. The maximum absolute atomic E-state index is 11.5. The van der Waals surface area contributed by atoms with Gasteiger partial charge in [-0.3, -0.25) is 0 Å². The molecule has 2 fully saturated rings. The first-order valence-corrected chi connectivity index (χ1v) is 5.75. The van der Waals surface area contributed by atoms with Gasteiger partial charge in [0.2, 0.25) is 0 Å². The first-order chi connectivity index (χ1) is 7.26. The Morgan fingerprint density at radius 1 is 1.53 bits per heavy atom. The van der Waals surface area contributed by atoms with E-state index in [1.165, 1.54) is 0 Å². The molecule has 0 bridgehead atoms. The van der Waals surface area contributed by atoms with E-state index in [1.54, 1.807) is 0 Å². The van der Waals surface area contributed by atoms with E-state index >= 15 is 0 Å². The van der Waals surface area contributed by atoms with Crippen molar-refractivity contribution in [2.45, 2.75) is 32.3 Å². The lowest BCUT2D eigenvalue weighted by Crippen LogP contribution is -2.37. The summed E-state index contributed by atoms with van der Waals surface area (Å²) in [4.78, 5) is 11.5. The molecule has 0 radical (unpaired) electrons. The number of hydrogen-bond donors (Lipinski definition) is 1. The Labute approximate surface area is 90.3 Å². The van der Waals surface area contributed by atoms with Gasteiger partial charge in [0, 0.05) is 0 Å². The third-order valence-corrected chi connectivity index (χ3v) is 3.42. The lowest BCUT2D eigenvalue weighted by molar-refractivity contribution is -0.153. The zero-order chi connectivity index (χ0) is 10.7. The number of carbonyl (C=O) groups is 1. The number of carbonyl (C=O) groups excluding carboxylic acids is 1. The van der Waals surface area contributed by atoms with Gasteiger partial charge in [-0.1, -0.05) is 0 Å². The van der Waals surface area contributed by atoms with Crippen molar-refractivity contribution in [1.29, 1.82) is 0 Å². The second-order valence-corrected chi connectivity index (χ2v) is 4.51. The predicted molar refractivity (Wildman–Crippen MR) is 55.5 cm³/mol. The summed E-state index contributed by atoms with van der Waals surface area (Å²) in [6, 6.07) is 0. The summed E-state index contributed by atoms with van der Waals surface area (Å²) in [5, 5.41) is 3.33. The minimum Gasteiger partial charge on any atom is -0.464 e. The molecule has 2 aliphatic heterocycles. The zero-order valence-electron chi connectivity index (χ0n) is 9.25. The Balaban J connectivity index is 1.90. The fourth-order valence-corrected chi connectivity index (χ4v) is 2.48. The smallest absolute Gasteiger partial charge is 0.335 e. The average Bonchev–Trinajstić information content (AvgIpc) is 2.64. The highest BCUT2D eigenvalue weighted by Crippen LogP contribution is 2.40. The van der Waals surface area contributed by atoms with Crippen LogP contribution in [-0.4, -0.2) is 38.4 Å². The Morgan fingerprint density at radius 3 is 2.93 bits per heavy atom. The molecule has 0 aromatic heterocycles. The van der Waals surface area contributed by atoms with Gasteiger partial charge < -0.3 is 14.8 Å². The quantitative estimate of drug-likeness (QED) is 0.686. The van der Waals surface area contributed by atoms with Gasteiger partial charge in [0.15, 0.2) is 6.10 Å². The highest BCUT2D eigenvalue weighted by Gasteiger charge is 2.43. The second kappa shape index (κ2) is 4.49. The molecule has 4 heteroatoms. The van der Waals surface area contributed by atoms with Crippen molar-refractivity contribution in [2.75, 3.05) is 26.3 Å². The van der Waals surface area contributed by atoms with Gasteiger partial charge >= 0.3 is 5.97 Å². The Hall–Kier alpha value is -0.610. The van der Waals surface area contributed by atoms with Gasteiger partial charge in [-0.2, -0.15) is 0 Å². The summed E-state index contributed by atoms with van der Waals surface area (Å²) in [7, 11) is 0. The molecule has 2 aliphatic rings. The summed E-state index contributed by atoms with van der Waals surface area (Å²) in [6.45, 7) is 5.07. The highest BCUT2D eigenvalue weighted by molar-refractivity contribution is 5.75. The third-order valence-electron chi connectivity index (χ3n) is 3.42. The zero-order valence-corrected chi connectivity index (χ0v) is 9.25. The van der Waals surface area contributed by atoms with E-state index in [2.05, 4.69) is 5.32 Å². The van der Waals surface area contributed by atoms with Crippen LogP contribution in [0.5, 0.6) is 0 Å². The molecule has 1 atom stereocenters. The van der Waals surface area contributed by atoms with Crippen molar-refractivity contribution in [2.24, 2.45) is 5.41 Å². The predicted octanol–water partition coefficient (Wildman–Crippen LogP) is 0.708. The van der Waals surface area contributed by atoms with Gasteiger partial charge in [-0.15, -0.1) is 0 Å². The molecule has 4 nitrogen and oxygen atoms in total. The lowest BCUT2D eigenvalue weighted by Gasteiger charge is -2.32. The molecule has 2 heterocycles. The second-order valence-electron chi connectivity index (χ2n) is 4.51. The Morgan fingerprint density at radius 2 is 2.27 bits per heavy atom. The fourth-order valence-electron chi connectivity index (χ4n) is 2.48. The van der Waals surface area contributed by atoms with Crippen LogP contribution in [0.2, 0.25) is 0 Å². The molecule has 1 unspecified atom stereocenters. The van der Waals surface area contributed by atoms with Gasteiger partial charge in [-0.05, 0) is 44.7 Å². The molecule has 0 amide bonds. The minimum absolute atomic E-state index is 0.187. The van der Waals surface area contributed by atoms with E-state index in [0.717, 1.165) is 39.0 Å². The average molecular weight is 213 g/mol. The molecule has 15 heavy (non-hydrogen) atoms. The van der Waals surface area contributed by atoms with E-state index < -0.39 is 0 Å². The van der Waals surface area contributed by atoms with Crippen molar-refractivity contribution in [3.05, 3.63) is 0 Å². The highest BCUT2D eigenvalue weighted by atomic mass is 16.6. The van der Waals surface area contributed by atoms with Gasteiger partial charge in [0.1, 0.15) is 0 Å². The maximum atomic E-state index is 11.5. The van der Waals surface area contributed by atoms with Crippen LogP contribution in [-0.2, 0) is 14.3 Å². The molecule has 86 valence electrons. The lowest BCUT2D eigenvalue weighted by atomic mass is 9.77. The molecule has 2 saturated heterocycles. The molecule has 0 saturated carbocycles. The van der Waals surface area contributed by atoms with E-state index in [-0.39, 0.29) is 17.5 Å². The summed E-state index contributed by atoms with van der Waals surface area (Å²) >= 11 is 0. The van der Waals surface area contributed by atoms with Crippen LogP contribution in [0.3, 0.4) is 0 Å². The first kappa shape index (κ1) is 10.9. The number of rotatable bonds is 2. The van der Waals surface area contributed by atoms with Crippen LogP contribution >= 0.6 is 0 Å². The molecule has 0 aliphatic carbocycles. The number of esters is 1. The first-order valence-electron chi connectivity index (χ1n) is 5.75. The molecule has 0 aromatic rings. The molecule has 1 N–H and O–H groups in total. The van der Waals surface area contributed by atoms with Crippen molar-refractivity contribution in [3.63, 3.8) is 0 Å². The summed E-state index contributed by atoms with van der Waals surface area (Å²) in [5.41, 5.74) is 0.239. The van der Waals surface area contributed by atoms with Gasteiger partial charge in [0.25, 0.3) is 0 Å².